The van der Waals surface area contributed by atoms with E-state index < -0.39 is 0 Å². The molecule has 0 radical (unpaired) electrons. The molecule has 2 rings (SSSR count). The minimum absolute atomic E-state index is 0.552. The van der Waals surface area contributed by atoms with E-state index in [1.54, 1.807) is 0 Å². The molecule has 15 heavy (non-hydrogen) atoms. The smallest absolute Gasteiger partial charge is 0.0576 e. The Balaban J connectivity index is 1.64. The summed E-state index contributed by atoms with van der Waals surface area (Å²) in [6, 6.07) is 1.61. The Bertz CT molecular complexity index is 169. The molecule has 2 nitrogen and oxygen atoms in total. The zero-order valence-corrected chi connectivity index (χ0v) is 10.0. The van der Waals surface area contributed by atoms with Crippen LogP contribution in [0.3, 0.4) is 0 Å². The van der Waals surface area contributed by atoms with Crippen molar-refractivity contribution >= 4 is 0 Å². The number of ether oxygens (including phenoxy) is 1. The predicted molar refractivity (Wildman–Crippen MR) is 63.1 cm³/mol. The number of hydrogen-bond acceptors (Lipinski definition) is 2. The van der Waals surface area contributed by atoms with Gasteiger partial charge in [0.2, 0.25) is 0 Å². The van der Waals surface area contributed by atoms with Crippen molar-refractivity contribution < 1.29 is 4.74 Å². The quantitative estimate of drug-likeness (QED) is 0.772. The van der Waals surface area contributed by atoms with Crippen LogP contribution in [0.15, 0.2) is 0 Å². The van der Waals surface area contributed by atoms with Crippen LogP contribution in [-0.2, 0) is 4.74 Å². The van der Waals surface area contributed by atoms with Crippen molar-refractivity contribution in [2.45, 2.75) is 76.5 Å². The van der Waals surface area contributed by atoms with Crippen molar-refractivity contribution in [1.82, 2.24) is 5.32 Å². The SMILES string of the molecule is CCOC1CCC(NC2CCCC2)CC1. The molecule has 88 valence electrons. The van der Waals surface area contributed by atoms with Crippen molar-refractivity contribution in [2.75, 3.05) is 6.61 Å². The van der Waals surface area contributed by atoms with Crippen LogP contribution in [0.1, 0.15) is 58.3 Å². The summed E-state index contributed by atoms with van der Waals surface area (Å²) < 4.78 is 5.67. The molecular formula is C13H25NO. The Kier molecular flexibility index (Phi) is 4.45. The molecule has 2 saturated carbocycles. The van der Waals surface area contributed by atoms with Gasteiger partial charge >= 0.3 is 0 Å². The summed E-state index contributed by atoms with van der Waals surface area (Å²) in [7, 11) is 0. The zero-order valence-electron chi connectivity index (χ0n) is 10.0. The Morgan fingerprint density at radius 3 is 2.13 bits per heavy atom. The molecule has 2 aliphatic carbocycles. The Morgan fingerprint density at radius 1 is 0.933 bits per heavy atom. The van der Waals surface area contributed by atoms with Crippen LogP contribution in [0.2, 0.25) is 0 Å². The van der Waals surface area contributed by atoms with E-state index >= 15 is 0 Å². The molecular weight excluding hydrogens is 186 g/mol. The second-order valence-corrected chi connectivity index (χ2v) is 5.08. The Hall–Kier alpha value is -0.0800. The largest absolute Gasteiger partial charge is 0.379 e. The molecule has 0 atom stereocenters. The summed E-state index contributed by atoms with van der Waals surface area (Å²) in [5.74, 6) is 0. The molecule has 2 aliphatic rings. The lowest BCUT2D eigenvalue weighted by atomic mass is 9.92. The number of hydrogen-bond donors (Lipinski definition) is 1. The second-order valence-electron chi connectivity index (χ2n) is 5.08. The van der Waals surface area contributed by atoms with E-state index in [-0.39, 0.29) is 0 Å². The average Bonchev–Trinajstić information content (AvgIpc) is 2.74. The highest BCUT2D eigenvalue weighted by molar-refractivity contribution is 4.83. The highest BCUT2D eigenvalue weighted by Crippen LogP contribution is 2.24. The topological polar surface area (TPSA) is 21.3 Å². The molecule has 0 aromatic heterocycles. The van der Waals surface area contributed by atoms with Crippen LogP contribution < -0.4 is 5.32 Å². The Morgan fingerprint density at radius 2 is 1.53 bits per heavy atom. The molecule has 0 heterocycles. The van der Waals surface area contributed by atoms with Gasteiger partial charge in [-0.1, -0.05) is 12.8 Å². The first-order chi connectivity index (χ1) is 7.38. The third-order valence-electron chi connectivity index (χ3n) is 3.90. The number of nitrogens with one attached hydrogen (secondary N) is 1. The van der Waals surface area contributed by atoms with Gasteiger partial charge in [-0.2, -0.15) is 0 Å². The molecule has 1 N–H and O–H groups in total. The van der Waals surface area contributed by atoms with E-state index in [0.717, 1.165) is 18.7 Å². The van der Waals surface area contributed by atoms with Crippen LogP contribution in [0.5, 0.6) is 0 Å². The molecule has 0 aliphatic heterocycles. The van der Waals surface area contributed by atoms with Gasteiger partial charge in [0.05, 0.1) is 6.10 Å². The van der Waals surface area contributed by atoms with E-state index in [1.807, 2.05) is 0 Å². The number of rotatable bonds is 4. The minimum Gasteiger partial charge on any atom is -0.379 e. The van der Waals surface area contributed by atoms with E-state index in [1.165, 1.54) is 51.4 Å². The van der Waals surface area contributed by atoms with E-state index in [2.05, 4.69) is 12.2 Å². The van der Waals surface area contributed by atoms with Crippen molar-refractivity contribution in [3.8, 4) is 0 Å². The van der Waals surface area contributed by atoms with Gasteiger partial charge in [-0.15, -0.1) is 0 Å². The van der Waals surface area contributed by atoms with Gasteiger partial charge in [0, 0.05) is 18.7 Å². The van der Waals surface area contributed by atoms with Gasteiger partial charge in [0.1, 0.15) is 0 Å². The lowest BCUT2D eigenvalue weighted by molar-refractivity contribution is 0.0295. The van der Waals surface area contributed by atoms with Crippen LogP contribution in [0, 0.1) is 0 Å². The fourth-order valence-electron chi connectivity index (χ4n) is 3.06. The zero-order chi connectivity index (χ0) is 10.5. The van der Waals surface area contributed by atoms with Crippen LogP contribution in [0.4, 0.5) is 0 Å². The van der Waals surface area contributed by atoms with Gasteiger partial charge < -0.3 is 10.1 Å². The molecule has 0 spiro atoms. The lowest BCUT2D eigenvalue weighted by Gasteiger charge is -2.31. The highest BCUT2D eigenvalue weighted by Gasteiger charge is 2.24. The third kappa shape index (κ3) is 3.46. The molecule has 0 aromatic rings. The first-order valence-electron chi connectivity index (χ1n) is 6.76. The molecule has 0 aromatic carbocycles. The summed E-state index contributed by atoms with van der Waals surface area (Å²) in [6.45, 7) is 2.98. The molecule has 2 fully saturated rings. The van der Waals surface area contributed by atoms with Crippen LogP contribution in [-0.4, -0.2) is 24.8 Å². The summed E-state index contributed by atoms with van der Waals surface area (Å²) in [5.41, 5.74) is 0. The summed E-state index contributed by atoms with van der Waals surface area (Å²) in [5, 5.41) is 3.82. The van der Waals surface area contributed by atoms with E-state index in [4.69, 9.17) is 4.74 Å². The van der Waals surface area contributed by atoms with E-state index in [9.17, 15) is 0 Å². The van der Waals surface area contributed by atoms with Crippen LogP contribution in [0.25, 0.3) is 0 Å². The van der Waals surface area contributed by atoms with Crippen molar-refractivity contribution in [3.63, 3.8) is 0 Å². The van der Waals surface area contributed by atoms with Gasteiger partial charge in [-0.05, 0) is 45.4 Å². The lowest BCUT2D eigenvalue weighted by Crippen LogP contribution is -2.40. The summed E-state index contributed by atoms with van der Waals surface area (Å²) in [6.07, 6.45) is 11.4. The van der Waals surface area contributed by atoms with Gasteiger partial charge in [0.15, 0.2) is 0 Å². The molecule has 0 saturated heterocycles. The summed E-state index contributed by atoms with van der Waals surface area (Å²) in [4.78, 5) is 0. The van der Waals surface area contributed by atoms with Crippen LogP contribution >= 0.6 is 0 Å². The van der Waals surface area contributed by atoms with Crippen molar-refractivity contribution in [2.24, 2.45) is 0 Å². The van der Waals surface area contributed by atoms with E-state index in [0.29, 0.717) is 6.10 Å². The Labute approximate surface area is 93.8 Å². The van der Waals surface area contributed by atoms with Gasteiger partial charge in [-0.3, -0.25) is 0 Å². The van der Waals surface area contributed by atoms with Crippen molar-refractivity contribution in [1.29, 1.82) is 0 Å². The highest BCUT2D eigenvalue weighted by atomic mass is 16.5. The molecule has 0 bridgehead atoms. The van der Waals surface area contributed by atoms with Gasteiger partial charge in [0.25, 0.3) is 0 Å². The third-order valence-corrected chi connectivity index (χ3v) is 3.90. The average molecular weight is 211 g/mol. The maximum Gasteiger partial charge on any atom is 0.0576 e. The second kappa shape index (κ2) is 5.86. The van der Waals surface area contributed by atoms with Gasteiger partial charge in [-0.25, -0.2) is 0 Å². The summed E-state index contributed by atoms with van der Waals surface area (Å²) >= 11 is 0. The standard InChI is InChI=1S/C13H25NO/c1-2-15-13-9-7-12(8-10-13)14-11-5-3-4-6-11/h11-14H,2-10H2,1H3. The minimum atomic E-state index is 0.552. The molecule has 0 amide bonds. The monoisotopic (exact) mass is 211 g/mol. The first-order valence-corrected chi connectivity index (χ1v) is 6.76. The maximum absolute atomic E-state index is 5.67. The van der Waals surface area contributed by atoms with Crippen molar-refractivity contribution in [3.05, 3.63) is 0 Å². The fourth-order valence-corrected chi connectivity index (χ4v) is 3.06. The predicted octanol–water partition coefficient (Wildman–Crippen LogP) is 2.87. The maximum atomic E-state index is 5.67. The molecule has 0 unspecified atom stereocenters. The molecule has 2 heteroatoms. The first kappa shape index (κ1) is 11.4. The fraction of sp³-hybridized carbons (Fsp3) is 1.00. The normalized spacial score (nSPS) is 33.4.